The van der Waals surface area contributed by atoms with E-state index in [9.17, 15) is 4.79 Å². The molecule has 62 valence electrons. The molecule has 0 fully saturated rings. The minimum absolute atomic E-state index is 0.0130. The smallest absolute Gasteiger partial charge is 0.234 e. The quantitative estimate of drug-likeness (QED) is 0.571. The van der Waals surface area contributed by atoms with E-state index >= 15 is 0 Å². The van der Waals surface area contributed by atoms with E-state index in [1.807, 2.05) is 0 Å². The van der Waals surface area contributed by atoms with Crippen molar-refractivity contribution in [2.45, 2.75) is 12.8 Å². The SMILES string of the molecule is C#CCC(=O)N(C)CCCN. The number of carbonyl (C=O) groups is 1. The number of terminal acetylenes is 1. The van der Waals surface area contributed by atoms with Crippen molar-refractivity contribution < 1.29 is 4.79 Å². The fraction of sp³-hybridized carbons (Fsp3) is 0.625. The number of nitrogens with zero attached hydrogens (tertiary/aromatic N) is 1. The summed E-state index contributed by atoms with van der Waals surface area (Å²) in [5.74, 6) is 2.29. The number of nitrogens with two attached hydrogens (primary N) is 1. The summed E-state index contributed by atoms with van der Waals surface area (Å²) in [6.45, 7) is 1.30. The van der Waals surface area contributed by atoms with Gasteiger partial charge in [-0.1, -0.05) is 5.92 Å². The zero-order valence-electron chi connectivity index (χ0n) is 6.84. The van der Waals surface area contributed by atoms with Crippen molar-refractivity contribution in [3.8, 4) is 12.3 Å². The lowest BCUT2D eigenvalue weighted by molar-refractivity contribution is -0.128. The Labute approximate surface area is 67.6 Å². The van der Waals surface area contributed by atoms with E-state index < -0.39 is 0 Å². The van der Waals surface area contributed by atoms with E-state index in [-0.39, 0.29) is 12.3 Å². The maximum absolute atomic E-state index is 11.0. The molecule has 0 saturated heterocycles. The van der Waals surface area contributed by atoms with Gasteiger partial charge in [0.2, 0.25) is 5.91 Å². The molecule has 2 N–H and O–H groups in total. The van der Waals surface area contributed by atoms with Crippen molar-refractivity contribution in [2.24, 2.45) is 5.73 Å². The van der Waals surface area contributed by atoms with Crippen molar-refractivity contribution in [2.75, 3.05) is 20.1 Å². The van der Waals surface area contributed by atoms with Gasteiger partial charge in [0, 0.05) is 13.6 Å². The largest absolute Gasteiger partial charge is 0.345 e. The number of hydrogen-bond acceptors (Lipinski definition) is 2. The van der Waals surface area contributed by atoms with Crippen LogP contribution in [0.25, 0.3) is 0 Å². The van der Waals surface area contributed by atoms with Crippen molar-refractivity contribution in [3.05, 3.63) is 0 Å². The highest BCUT2D eigenvalue weighted by Gasteiger charge is 2.04. The zero-order valence-corrected chi connectivity index (χ0v) is 6.84. The van der Waals surface area contributed by atoms with Gasteiger partial charge in [-0.2, -0.15) is 0 Å². The van der Waals surface area contributed by atoms with Crippen molar-refractivity contribution in [3.63, 3.8) is 0 Å². The molecule has 0 heterocycles. The summed E-state index contributed by atoms with van der Waals surface area (Å²) in [7, 11) is 1.73. The molecule has 1 amide bonds. The van der Waals surface area contributed by atoms with Crippen LogP contribution in [0.4, 0.5) is 0 Å². The average Bonchev–Trinajstić information content (AvgIpc) is 2.00. The van der Waals surface area contributed by atoms with Gasteiger partial charge >= 0.3 is 0 Å². The summed E-state index contributed by atoms with van der Waals surface area (Å²) in [6, 6.07) is 0. The first-order chi connectivity index (χ1) is 5.22. The van der Waals surface area contributed by atoms with Crippen LogP contribution in [0.3, 0.4) is 0 Å². The third-order valence-corrected chi connectivity index (χ3v) is 1.38. The van der Waals surface area contributed by atoms with Crippen LogP contribution in [0.1, 0.15) is 12.8 Å². The summed E-state index contributed by atoms with van der Waals surface area (Å²) in [6.07, 6.45) is 5.98. The molecule has 0 aromatic rings. The first kappa shape index (κ1) is 9.99. The van der Waals surface area contributed by atoms with Gasteiger partial charge in [-0.25, -0.2) is 0 Å². The van der Waals surface area contributed by atoms with Crippen LogP contribution in [-0.4, -0.2) is 30.9 Å². The minimum atomic E-state index is -0.0130. The molecule has 0 aliphatic heterocycles. The predicted molar refractivity (Wildman–Crippen MR) is 44.8 cm³/mol. The molecule has 0 spiro atoms. The van der Waals surface area contributed by atoms with Gasteiger partial charge in [-0.3, -0.25) is 4.79 Å². The summed E-state index contributed by atoms with van der Waals surface area (Å²) in [5.41, 5.74) is 5.27. The second-order valence-electron chi connectivity index (χ2n) is 2.34. The Hall–Kier alpha value is -1.01. The van der Waals surface area contributed by atoms with E-state index in [4.69, 9.17) is 12.2 Å². The lowest BCUT2D eigenvalue weighted by Crippen LogP contribution is -2.28. The van der Waals surface area contributed by atoms with E-state index in [2.05, 4.69) is 5.92 Å². The maximum atomic E-state index is 11.0. The lowest BCUT2D eigenvalue weighted by atomic mass is 10.3. The monoisotopic (exact) mass is 154 g/mol. The molecule has 0 aliphatic rings. The first-order valence-electron chi connectivity index (χ1n) is 3.60. The Morgan fingerprint density at radius 2 is 2.36 bits per heavy atom. The molecule has 0 unspecified atom stereocenters. The summed E-state index contributed by atoms with van der Waals surface area (Å²) >= 11 is 0. The fourth-order valence-electron chi connectivity index (χ4n) is 0.675. The van der Waals surface area contributed by atoms with Gasteiger partial charge < -0.3 is 10.6 Å². The molecule has 0 aromatic heterocycles. The van der Waals surface area contributed by atoms with Gasteiger partial charge in [0.1, 0.15) is 0 Å². The fourth-order valence-corrected chi connectivity index (χ4v) is 0.675. The Morgan fingerprint density at radius 1 is 1.73 bits per heavy atom. The molecule has 0 radical (unpaired) electrons. The molecule has 0 aliphatic carbocycles. The van der Waals surface area contributed by atoms with Gasteiger partial charge in [-0.05, 0) is 13.0 Å². The average molecular weight is 154 g/mol. The third kappa shape index (κ3) is 4.40. The Balaban J connectivity index is 3.57. The second kappa shape index (κ2) is 5.75. The highest BCUT2D eigenvalue weighted by molar-refractivity contribution is 5.78. The highest BCUT2D eigenvalue weighted by Crippen LogP contribution is 1.90. The number of amides is 1. The van der Waals surface area contributed by atoms with E-state index in [1.54, 1.807) is 11.9 Å². The molecule has 11 heavy (non-hydrogen) atoms. The molecule has 0 bridgehead atoms. The summed E-state index contributed by atoms with van der Waals surface area (Å²) in [5, 5.41) is 0. The number of carbonyl (C=O) groups excluding carboxylic acids is 1. The second-order valence-corrected chi connectivity index (χ2v) is 2.34. The minimum Gasteiger partial charge on any atom is -0.345 e. The molecule has 0 atom stereocenters. The van der Waals surface area contributed by atoms with Crippen LogP contribution in [-0.2, 0) is 4.79 Å². The van der Waals surface area contributed by atoms with E-state index in [0.29, 0.717) is 13.1 Å². The third-order valence-electron chi connectivity index (χ3n) is 1.38. The Bertz CT molecular complexity index is 160. The molecular weight excluding hydrogens is 140 g/mol. The Kier molecular flexibility index (Phi) is 5.22. The number of rotatable bonds is 4. The van der Waals surface area contributed by atoms with Crippen molar-refractivity contribution >= 4 is 5.91 Å². The normalized spacial score (nSPS) is 8.82. The lowest BCUT2D eigenvalue weighted by Gasteiger charge is -2.14. The van der Waals surface area contributed by atoms with Crippen LogP contribution < -0.4 is 5.73 Å². The van der Waals surface area contributed by atoms with Gasteiger partial charge in [0.25, 0.3) is 0 Å². The van der Waals surface area contributed by atoms with Gasteiger partial charge in [0.15, 0.2) is 0 Å². The molecule has 0 saturated carbocycles. The molecule has 0 rings (SSSR count). The zero-order chi connectivity index (χ0) is 8.69. The Morgan fingerprint density at radius 3 is 2.82 bits per heavy atom. The van der Waals surface area contributed by atoms with Gasteiger partial charge in [-0.15, -0.1) is 6.42 Å². The molecule has 3 heteroatoms. The molecular formula is C8H14N2O. The molecule has 3 nitrogen and oxygen atoms in total. The van der Waals surface area contributed by atoms with Crippen LogP contribution in [0, 0.1) is 12.3 Å². The standard InChI is InChI=1S/C8H14N2O/c1-3-5-8(11)10(2)7-4-6-9/h1H,4-7,9H2,2H3. The van der Waals surface area contributed by atoms with Crippen molar-refractivity contribution in [1.29, 1.82) is 0 Å². The highest BCUT2D eigenvalue weighted by atomic mass is 16.2. The van der Waals surface area contributed by atoms with Crippen LogP contribution >= 0.6 is 0 Å². The van der Waals surface area contributed by atoms with Gasteiger partial charge in [0.05, 0.1) is 6.42 Å². The van der Waals surface area contributed by atoms with E-state index in [0.717, 1.165) is 6.42 Å². The predicted octanol–water partition coefficient (Wildman–Crippen LogP) is -0.183. The van der Waals surface area contributed by atoms with Crippen molar-refractivity contribution in [1.82, 2.24) is 4.90 Å². The summed E-state index contributed by atoms with van der Waals surface area (Å²) in [4.78, 5) is 12.6. The van der Waals surface area contributed by atoms with E-state index in [1.165, 1.54) is 0 Å². The van der Waals surface area contributed by atoms with Crippen LogP contribution in [0.2, 0.25) is 0 Å². The van der Waals surface area contributed by atoms with Crippen LogP contribution in [0.15, 0.2) is 0 Å². The van der Waals surface area contributed by atoms with Crippen LogP contribution in [0.5, 0.6) is 0 Å². The summed E-state index contributed by atoms with van der Waals surface area (Å²) < 4.78 is 0. The number of hydrogen-bond donors (Lipinski definition) is 1. The first-order valence-corrected chi connectivity index (χ1v) is 3.60. The maximum Gasteiger partial charge on any atom is 0.234 e. The molecule has 0 aromatic carbocycles. The topological polar surface area (TPSA) is 46.3 Å².